The number of nitro groups is 1. The van der Waals surface area contributed by atoms with Crippen LogP contribution in [0.5, 0.6) is 0 Å². The number of alkyl halides is 6. The fraction of sp³-hybridized carbons (Fsp3) is 0.200. The Kier molecular flexibility index (Phi) is 9.12. The van der Waals surface area contributed by atoms with Gasteiger partial charge in [0.1, 0.15) is 0 Å². The molecule has 0 spiro atoms. The molecule has 0 saturated heterocycles. The van der Waals surface area contributed by atoms with Gasteiger partial charge < -0.3 is 8.74 Å². The minimum Gasteiger partial charge on any atom is -0.741 e. The van der Waals surface area contributed by atoms with Crippen LogP contribution in [0.3, 0.4) is 0 Å². The van der Waals surface area contributed by atoms with Crippen LogP contribution in [0.15, 0.2) is 34.6 Å². The summed E-state index contributed by atoms with van der Waals surface area (Å²) >= 11 is -0.957. The van der Waals surface area contributed by atoms with Crippen LogP contribution in [0.2, 0.25) is 0 Å². The molecule has 160 valence electrons. The highest BCUT2D eigenvalue weighted by Crippen LogP contribution is 2.24. The molecular formula is C10H6F6INO8S2. The van der Waals surface area contributed by atoms with Crippen LogP contribution >= 0.6 is 0 Å². The first-order valence-corrected chi connectivity index (χ1v) is 11.1. The van der Waals surface area contributed by atoms with Crippen molar-refractivity contribution in [2.75, 3.05) is 0 Å². The molecule has 1 rings (SSSR count). The Morgan fingerprint density at radius 2 is 1.39 bits per heavy atom. The average molecular weight is 573 g/mol. The van der Waals surface area contributed by atoms with Gasteiger partial charge in [-0.05, 0) is 12.1 Å². The second-order valence-corrected chi connectivity index (χ2v) is 9.52. The van der Waals surface area contributed by atoms with Gasteiger partial charge >= 0.3 is 42.3 Å². The van der Waals surface area contributed by atoms with Crippen LogP contribution in [0.25, 0.3) is 0 Å². The minimum atomic E-state index is -6.09. The molecule has 0 N–H and O–H groups in total. The topological polar surface area (TPSA) is 144 Å². The first-order valence-electron chi connectivity index (χ1n) is 5.93. The summed E-state index contributed by atoms with van der Waals surface area (Å²) in [4.78, 5) is 9.80. The Balaban J connectivity index is 0.000000769. The van der Waals surface area contributed by atoms with Crippen molar-refractivity contribution in [2.45, 2.75) is 11.0 Å². The molecular weight excluding hydrogens is 567 g/mol. The van der Waals surface area contributed by atoms with Gasteiger partial charge in [0, 0.05) is 12.1 Å². The molecule has 18 heteroatoms. The van der Waals surface area contributed by atoms with Crippen molar-refractivity contribution in [1.82, 2.24) is 0 Å². The minimum absolute atomic E-state index is 0.113. The number of benzene rings is 1. The smallest absolute Gasteiger partial charge is 0.534 e. The number of halogens is 7. The largest absolute Gasteiger partial charge is 0.741 e. The zero-order valence-corrected chi connectivity index (χ0v) is 16.4. The molecule has 1 aromatic rings. The zero-order valence-electron chi connectivity index (χ0n) is 12.6. The summed E-state index contributed by atoms with van der Waals surface area (Å²) in [5, 5.41) is 10.4. The van der Waals surface area contributed by atoms with Crippen LogP contribution < -0.4 is 21.2 Å². The Morgan fingerprint density at radius 1 is 0.964 bits per heavy atom. The predicted octanol–water partition coefficient (Wildman–Crippen LogP) is -0.758. The third kappa shape index (κ3) is 9.01. The van der Waals surface area contributed by atoms with E-state index in [1.165, 1.54) is 24.3 Å². The molecule has 0 fully saturated rings. The first kappa shape index (κ1) is 26.3. The first-order chi connectivity index (χ1) is 12.4. The monoisotopic (exact) mass is 573 g/mol. The van der Waals surface area contributed by atoms with Gasteiger partial charge in [0.05, 0.1) is 4.92 Å². The van der Waals surface area contributed by atoms with Gasteiger partial charge in [-0.2, -0.15) is 34.8 Å². The Labute approximate surface area is 163 Å². The Hall–Kier alpha value is -1.67. The third-order valence-corrected chi connectivity index (χ3v) is 5.62. The van der Waals surface area contributed by atoms with E-state index in [2.05, 4.69) is 4.18 Å². The lowest BCUT2D eigenvalue weighted by Gasteiger charge is -2.08. The normalized spacial score (nSPS) is 13.0. The lowest BCUT2D eigenvalue weighted by molar-refractivity contribution is -0.557. The molecule has 0 aromatic heterocycles. The highest BCUT2D eigenvalue weighted by molar-refractivity contribution is 7.87. The quantitative estimate of drug-likeness (QED) is 0.0654. The molecule has 1 aromatic carbocycles. The highest BCUT2D eigenvalue weighted by Gasteiger charge is 2.48. The van der Waals surface area contributed by atoms with E-state index < -0.39 is 57.4 Å². The second-order valence-electron chi connectivity index (χ2n) is 4.00. The number of hydrogen-bond donors (Lipinski definition) is 0. The highest BCUT2D eigenvalue weighted by atomic mass is 127. The predicted molar refractivity (Wildman–Crippen MR) is 72.7 cm³/mol. The van der Waals surface area contributed by atoms with Crippen molar-refractivity contribution in [3.8, 4) is 0 Å². The molecule has 0 heterocycles. The summed E-state index contributed by atoms with van der Waals surface area (Å²) in [6.07, 6.45) is 0.456. The fourth-order valence-electron chi connectivity index (χ4n) is 0.883. The maximum atomic E-state index is 11.9. The van der Waals surface area contributed by atoms with Crippen molar-refractivity contribution in [3.63, 3.8) is 0 Å². The summed E-state index contributed by atoms with van der Waals surface area (Å²) in [6, 6.07) is 5.37. The fourth-order valence-corrected chi connectivity index (χ4v) is 2.88. The lowest BCUT2D eigenvalue weighted by Crippen LogP contribution is -3.59. The zero-order chi connectivity index (χ0) is 22.4. The van der Waals surface area contributed by atoms with E-state index in [-0.39, 0.29) is 5.69 Å². The SMILES string of the molecule is O=S(=O)([O-])C(F)(F)F.O=[N+]([O-])c1ccc([I+]/C=C/OS(=O)(=O)C(F)(F)F)cc1. The van der Waals surface area contributed by atoms with E-state index in [1.807, 2.05) is 0 Å². The molecule has 0 bridgehead atoms. The van der Waals surface area contributed by atoms with Gasteiger partial charge in [-0.15, -0.1) is 0 Å². The molecule has 9 nitrogen and oxygen atoms in total. The molecule has 0 aliphatic heterocycles. The third-order valence-electron chi connectivity index (χ3n) is 2.03. The van der Waals surface area contributed by atoms with Crippen LogP contribution in [0.4, 0.5) is 32.0 Å². The lowest BCUT2D eigenvalue weighted by atomic mass is 10.3. The van der Waals surface area contributed by atoms with Gasteiger partial charge in [0.15, 0.2) is 24.0 Å². The molecule has 0 atom stereocenters. The van der Waals surface area contributed by atoms with E-state index in [0.717, 1.165) is 4.08 Å². The van der Waals surface area contributed by atoms with Crippen molar-refractivity contribution in [3.05, 3.63) is 48.3 Å². The average Bonchev–Trinajstić information content (AvgIpc) is 2.49. The standard InChI is InChI=1S/C9H6F3INO5S.CHF3O3S/c10-9(11,12)20(17,18)19-6-5-13-7-1-3-8(4-2-7)14(15)16;2-1(3,4)8(5,6)7/h1-6H;(H,5,6,7)/q+1;/p-1/b6-5+;. The van der Waals surface area contributed by atoms with E-state index in [4.69, 9.17) is 13.0 Å². The summed E-state index contributed by atoms with van der Waals surface area (Å²) in [6.45, 7) is 0. The van der Waals surface area contributed by atoms with E-state index in [1.54, 1.807) is 0 Å². The second kappa shape index (κ2) is 9.69. The van der Waals surface area contributed by atoms with Crippen molar-refractivity contribution >= 4 is 25.9 Å². The number of hydrogen-bond acceptors (Lipinski definition) is 8. The van der Waals surface area contributed by atoms with Crippen LogP contribution in [-0.2, 0) is 24.4 Å². The van der Waals surface area contributed by atoms with E-state index in [0.29, 0.717) is 9.83 Å². The van der Waals surface area contributed by atoms with Gasteiger partial charge in [-0.1, -0.05) is 0 Å². The number of nitrogens with zero attached hydrogens (tertiary/aromatic N) is 1. The summed E-state index contributed by atoms with van der Waals surface area (Å²) in [5.41, 5.74) is -11.2. The summed E-state index contributed by atoms with van der Waals surface area (Å²) < 4.78 is 121. The maximum Gasteiger partial charge on any atom is 0.534 e. The van der Waals surface area contributed by atoms with Gasteiger partial charge in [0.25, 0.3) is 5.69 Å². The van der Waals surface area contributed by atoms with Crippen molar-refractivity contribution in [2.24, 2.45) is 0 Å². The molecule has 0 amide bonds. The number of nitro benzene ring substituents is 1. The molecule has 0 unspecified atom stereocenters. The van der Waals surface area contributed by atoms with Crippen molar-refractivity contribution in [1.29, 1.82) is 0 Å². The Morgan fingerprint density at radius 3 is 1.71 bits per heavy atom. The molecule has 0 aliphatic carbocycles. The van der Waals surface area contributed by atoms with Gasteiger partial charge in [-0.25, -0.2) is 8.42 Å². The van der Waals surface area contributed by atoms with Gasteiger partial charge in [0.2, 0.25) is 0 Å². The van der Waals surface area contributed by atoms with E-state index >= 15 is 0 Å². The van der Waals surface area contributed by atoms with Crippen LogP contribution in [-0.4, -0.2) is 37.3 Å². The molecule has 0 radical (unpaired) electrons. The molecule has 28 heavy (non-hydrogen) atoms. The number of rotatable bonds is 5. The van der Waals surface area contributed by atoms with Crippen LogP contribution in [0, 0.1) is 13.7 Å². The summed E-state index contributed by atoms with van der Waals surface area (Å²) in [7, 11) is -11.7. The molecule has 0 aliphatic rings. The van der Waals surface area contributed by atoms with E-state index in [9.17, 15) is 44.9 Å². The maximum absolute atomic E-state index is 11.9. The summed E-state index contributed by atoms with van der Waals surface area (Å²) in [5.74, 6) is 0. The molecule has 0 saturated carbocycles. The van der Waals surface area contributed by atoms with Crippen molar-refractivity contribution < 1.29 is 78.0 Å². The Bertz CT molecular complexity index is 909. The number of non-ortho nitro benzene ring substituents is 1. The van der Waals surface area contributed by atoms with Crippen LogP contribution in [0.1, 0.15) is 0 Å². The van der Waals surface area contributed by atoms with Gasteiger partial charge in [-0.3, -0.25) is 10.1 Å².